The maximum Gasteiger partial charge on any atom is 0.220 e. The summed E-state index contributed by atoms with van der Waals surface area (Å²) >= 11 is 5.70. The van der Waals surface area contributed by atoms with Crippen molar-refractivity contribution in [1.82, 2.24) is 14.8 Å². The molecule has 0 bridgehead atoms. The molecule has 0 aliphatic heterocycles. The van der Waals surface area contributed by atoms with Gasteiger partial charge in [-0.1, -0.05) is 13.8 Å². The highest BCUT2D eigenvalue weighted by molar-refractivity contribution is 6.28. The van der Waals surface area contributed by atoms with E-state index in [1.165, 1.54) is 0 Å². The van der Waals surface area contributed by atoms with E-state index in [-0.39, 0.29) is 0 Å². The SMILES string of the molecule is CC(C)Cc1nc(Cl)n(C)n1. The van der Waals surface area contributed by atoms with Crippen LogP contribution in [0.2, 0.25) is 5.28 Å². The molecular formula is C7H12ClN3. The molecule has 0 amide bonds. The molecule has 1 aromatic heterocycles. The highest BCUT2D eigenvalue weighted by Crippen LogP contribution is 2.07. The number of aromatic nitrogens is 3. The number of aryl methyl sites for hydroxylation is 1. The first-order valence-corrected chi connectivity index (χ1v) is 4.03. The molecule has 0 atom stereocenters. The second-order valence-electron chi connectivity index (χ2n) is 3.02. The lowest BCUT2D eigenvalue weighted by molar-refractivity contribution is 0.613. The second kappa shape index (κ2) is 3.22. The number of hydrogen-bond acceptors (Lipinski definition) is 2. The zero-order valence-corrected chi connectivity index (χ0v) is 7.76. The summed E-state index contributed by atoms with van der Waals surface area (Å²) in [7, 11) is 1.79. The maximum atomic E-state index is 5.70. The molecule has 1 aromatic rings. The standard InChI is InChI=1S/C7H12ClN3/c1-5(2)4-6-9-7(8)11(3)10-6/h5H,4H2,1-3H3. The van der Waals surface area contributed by atoms with Gasteiger partial charge >= 0.3 is 0 Å². The molecule has 62 valence electrons. The molecule has 0 spiro atoms. The molecule has 1 rings (SSSR count). The average Bonchev–Trinajstić information content (AvgIpc) is 2.10. The number of halogens is 1. The topological polar surface area (TPSA) is 30.7 Å². The van der Waals surface area contributed by atoms with Gasteiger partial charge < -0.3 is 0 Å². The molecule has 0 aliphatic rings. The Morgan fingerprint density at radius 3 is 2.55 bits per heavy atom. The van der Waals surface area contributed by atoms with Crippen LogP contribution < -0.4 is 0 Å². The smallest absolute Gasteiger partial charge is 0.220 e. The van der Waals surface area contributed by atoms with Gasteiger partial charge in [0.25, 0.3) is 0 Å². The summed E-state index contributed by atoms with van der Waals surface area (Å²) in [6.45, 7) is 4.26. The zero-order chi connectivity index (χ0) is 8.43. The minimum Gasteiger partial charge on any atom is -0.239 e. The monoisotopic (exact) mass is 173 g/mol. The first-order valence-electron chi connectivity index (χ1n) is 3.65. The van der Waals surface area contributed by atoms with Crippen molar-refractivity contribution in [2.75, 3.05) is 0 Å². The lowest BCUT2D eigenvalue weighted by Gasteiger charge is -1.96. The summed E-state index contributed by atoms with van der Waals surface area (Å²) in [5.41, 5.74) is 0. The summed E-state index contributed by atoms with van der Waals surface area (Å²) < 4.78 is 1.58. The molecule has 3 nitrogen and oxygen atoms in total. The van der Waals surface area contributed by atoms with E-state index < -0.39 is 0 Å². The van der Waals surface area contributed by atoms with Crippen molar-refractivity contribution in [3.05, 3.63) is 11.1 Å². The van der Waals surface area contributed by atoms with E-state index in [2.05, 4.69) is 23.9 Å². The van der Waals surface area contributed by atoms with Gasteiger partial charge in [0.2, 0.25) is 5.28 Å². The molecule has 0 unspecified atom stereocenters. The van der Waals surface area contributed by atoms with Crippen LogP contribution in [0.3, 0.4) is 0 Å². The lowest BCUT2D eigenvalue weighted by Crippen LogP contribution is -1.97. The molecule has 1 heterocycles. The summed E-state index contributed by atoms with van der Waals surface area (Å²) in [4.78, 5) is 4.07. The Balaban J connectivity index is 2.73. The van der Waals surface area contributed by atoms with E-state index >= 15 is 0 Å². The highest BCUT2D eigenvalue weighted by Gasteiger charge is 2.05. The largest absolute Gasteiger partial charge is 0.239 e. The van der Waals surface area contributed by atoms with Gasteiger partial charge in [-0.3, -0.25) is 0 Å². The van der Waals surface area contributed by atoms with Gasteiger partial charge in [-0.25, -0.2) is 9.67 Å². The summed E-state index contributed by atoms with van der Waals surface area (Å²) in [6, 6.07) is 0. The fraction of sp³-hybridized carbons (Fsp3) is 0.714. The molecule has 0 saturated heterocycles. The average molecular weight is 174 g/mol. The van der Waals surface area contributed by atoms with Crippen molar-refractivity contribution >= 4 is 11.6 Å². The fourth-order valence-corrected chi connectivity index (χ4v) is 1.00. The van der Waals surface area contributed by atoms with E-state index in [4.69, 9.17) is 11.6 Å². The van der Waals surface area contributed by atoms with Crippen LogP contribution in [0.1, 0.15) is 19.7 Å². The van der Waals surface area contributed by atoms with E-state index in [1.807, 2.05) is 0 Å². The van der Waals surface area contributed by atoms with Crippen molar-refractivity contribution in [3.8, 4) is 0 Å². The summed E-state index contributed by atoms with van der Waals surface area (Å²) in [5.74, 6) is 1.40. The molecule has 0 aromatic carbocycles. The lowest BCUT2D eigenvalue weighted by atomic mass is 10.1. The normalized spacial score (nSPS) is 11.0. The molecule has 4 heteroatoms. The predicted molar refractivity (Wildman–Crippen MR) is 44.6 cm³/mol. The first-order chi connectivity index (χ1) is 5.09. The Hall–Kier alpha value is -0.570. The third-order valence-electron chi connectivity index (χ3n) is 1.34. The van der Waals surface area contributed by atoms with Gasteiger partial charge in [-0.05, 0) is 17.5 Å². The number of nitrogens with zero attached hydrogens (tertiary/aromatic N) is 3. The van der Waals surface area contributed by atoms with Crippen molar-refractivity contribution < 1.29 is 0 Å². The van der Waals surface area contributed by atoms with E-state index in [0.717, 1.165) is 12.2 Å². The van der Waals surface area contributed by atoms with Crippen molar-refractivity contribution in [1.29, 1.82) is 0 Å². The number of hydrogen-bond donors (Lipinski definition) is 0. The Morgan fingerprint density at radius 2 is 2.18 bits per heavy atom. The molecule has 0 N–H and O–H groups in total. The Labute approximate surface area is 71.4 Å². The Kier molecular flexibility index (Phi) is 2.49. The van der Waals surface area contributed by atoms with Gasteiger partial charge in [0, 0.05) is 13.5 Å². The van der Waals surface area contributed by atoms with E-state index in [0.29, 0.717) is 11.2 Å². The Bertz CT molecular complexity index is 222. The highest BCUT2D eigenvalue weighted by atomic mass is 35.5. The van der Waals surface area contributed by atoms with Crippen LogP contribution in [0.4, 0.5) is 0 Å². The minimum atomic E-state index is 0.459. The van der Waals surface area contributed by atoms with Crippen molar-refractivity contribution in [3.63, 3.8) is 0 Å². The Morgan fingerprint density at radius 1 is 1.55 bits per heavy atom. The quantitative estimate of drug-likeness (QED) is 0.681. The van der Waals surface area contributed by atoms with Gasteiger partial charge in [-0.15, -0.1) is 0 Å². The van der Waals surface area contributed by atoms with Crippen LogP contribution in [-0.4, -0.2) is 14.8 Å². The predicted octanol–water partition coefficient (Wildman–Crippen LogP) is 1.67. The van der Waals surface area contributed by atoms with Crippen molar-refractivity contribution in [2.45, 2.75) is 20.3 Å². The van der Waals surface area contributed by atoms with Crippen LogP contribution >= 0.6 is 11.6 Å². The number of rotatable bonds is 2. The van der Waals surface area contributed by atoms with Crippen LogP contribution in [0, 0.1) is 5.92 Å². The van der Waals surface area contributed by atoms with E-state index in [9.17, 15) is 0 Å². The third kappa shape index (κ3) is 2.19. The van der Waals surface area contributed by atoms with Crippen LogP contribution in [0.25, 0.3) is 0 Å². The third-order valence-corrected chi connectivity index (χ3v) is 1.67. The van der Waals surface area contributed by atoms with Gasteiger partial charge in [0.05, 0.1) is 0 Å². The summed E-state index contributed by atoms with van der Waals surface area (Å²) in [5, 5.41) is 4.58. The van der Waals surface area contributed by atoms with Gasteiger partial charge in [-0.2, -0.15) is 5.10 Å². The van der Waals surface area contributed by atoms with E-state index in [1.54, 1.807) is 11.7 Å². The first kappa shape index (κ1) is 8.53. The second-order valence-corrected chi connectivity index (χ2v) is 3.36. The van der Waals surface area contributed by atoms with Gasteiger partial charge in [0.15, 0.2) is 5.82 Å². The van der Waals surface area contributed by atoms with Crippen LogP contribution in [0.15, 0.2) is 0 Å². The fourth-order valence-electron chi connectivity index (χ4n) is 0.867. The summed E-state index contributed by atoms with van der Waals surface area (Å²) in [6.07, 6.45) is 0.889. The molecular weight excluding hydrogens is 162 g/mol. The molecule has 0 aliphatic carbocycles. The van der Waals surface area contributed by atoms with Crippen molar-refractivity contribution in [2.24, 2.45) is 13.0 Å². The van der Waals surface area contributed by atoms with Crippen LogP contribution in [-0.2, 0) is 13.5 Å². The molecule has 0 saturated carbocycles. The van der Waals surface area contributed by atoms with Gasteiger partial charge in [0.1, 0.15) is 0 Å². The molecule has 11 heavy (non-hydrogen) atoms. The molecule has 0 fully saturated rings. The van der Waals surface area contributed by atoms with Crippen LogP contribution in [0.5, 0.6) is 0 Å². The maximum absolute atomic E-state index is 5.70. The molecule has 0 radical (unpaired) electrons. The zero-order valence-electron chi connectivity index (χ0n) is 7.00. The minimum absolute atomic E-state index is 0.459.